The van der Waals surface area contributed by atoms with Crippen LogP contribution >= 0.6 is 0 Å². The number of carbonyl (C=O) groups is 2. The van der Waals surface area contributed by atoms with Gasteiger partial charge in [-0.25, -0.2) is 4.79 Å². The molecular formula is C19H30NO6+. The maximum Gasteiger partial charge on any atom is 0.338 e. The van der Waals surface area contributed by atoms with Crippen molar-refractivity contribution in [1.29, 1.82) is 0 Å². The van der Waals surface area contributed by atoms with Crippen LogP contribution in [-0.4, -0.2) is 70.8 Å². The fraction of sp³-hybridized carbons (Fsp3) is 0.789. The standard InChI is InChI=1S/C19H30NO6/c1-11(2)15-12(3)18(4,23)17(22)25-10-13-6-8-20(5)9-7-14(19(13,20)24)26-16(15)21/h6,11-12,14-15,23-24H,7-10H2,1-5H3/q+1/t12-,14+,15+,18+,19-,20?/m0/s1. The first-order valence-corrected chi connectivity index (χ1v) is 9.31. The number of cyclic esters (lactones) is 1. The van der Waals surface area contributed by atoms with Crippen molar-refractivity contribution >= 4 is 11.9 Å². The van der Waals surface area contributed by atoms with Gasteiger partial charge in [0.05, 0.1) is 25.1 Å². The number of aliphatic hydroxyl groups is 2. The summed E-state index contributed by atoms with van der Waals surface area (Å²) in [5.74, 6) is -2.79. The fourth-order valence-corrected chi connectivity index (χ4v) is 4.77. The van der Waals surface area contributed by atoms with E-state index in [1.807, 2.05) is 27.0 Å². The predicted molar refractivity (Wildman–Crippen MR) is 92.5 cm³/mol. The molecule has 2 N–H and O–H groups in total. The van der Waals surface area contributed by atoms with E-state index < -0.39 is 41.2 Å². The lowest BCUT2D eigenvalue weighted by atomic mass is 9.75. The highest BCUT2D eigenvalue weighted by Crippen LogP contribution is 2.46. The zero-order valence-electron chi connectivity index (χ0n) is 16.2. The molecule has 7 nitrogen and oxygen atoms in total. The molecule has 0 amide bonds. The van der Waals surface area contributed by atoms with E-state index in [1.165, 1.54) is 6.92 Å². The van der Waals surface area contributed by atoms with Crippen molar-refractivity contribution in [2.75, 3.05) is 26.7 Å². The lowest BCUT2D eigenvalue weighted by Gasteiger charge is -2.40. The molecule has 146 valence electrons. The number of hydrogen-bond donors (Lipinski definition) is 2. The predicted octanol–water partition coefficient (Wildman–Crippen LogP) is 0.593. The van der Waals surface area contributed by atoms with Crippen LogP contribution in [-0.2, 0) is 19.1 Å². The zero-order chi connectivity index (χ0) is 19.5. The second-order valence-corrected chi connectivity index (χ2v) is 8.75. The highest BCUT2D eigenvalue weighted by atomic mass is 16.6. The van der Waals surface area contributed by atoms with Crippen LogP contribution in [0.4, 0.5) is 0 Å². The Kier molecular flexibility index (Phi) is 4.49. The number of likely N-dealkylation sites (N-methyl/N-ethyl adjacent to an activating group) is 1. The summed E-state index contributed by atoms with van der Waals surface area (Å²) < 4.78 is 11.5. The molecule has 3 aliphatic heterocycles. The Balaban J connectivity index is 2.05. The summed E-state index contributed by atoms with van der Waals surface area (Å²) in [4.78, 5) is 25.6. The third-order valence-corrected chi connectivity index (χ3v) is 6.82. The molecule has 0 aliphatic carbocycles. The number of nitrogens with zero attached hydrogens (tertiary/aromatic N) is 1. The van der Waals surface area contributed by atoms with Gasteiger partial charge in [0.15, 0.2) is 11.7 Å². The SMILES string of the molecule is CC(C)[C@H]1C(=O)O[C@@H]2CC[N+]3(C)CC=C(COC(=O)[C@](C)(O)[C@H]1C)[C@]23O. The Bertz CT molecular complexity index is 656. The van der Waals surface area contributed by atoms with Gasteiger partial charge in [-0.2, -0.15) is 0 Å². The smallest absolute Gasteiger partial charge is 0.338 e. The number of ether oxygens (including phenoxy) is 2. The summed E-state index contributed by atoms with van der Waals surface area (Å²) in [5.41, 5.74) is -2.68. The molecule has 2 saturated heterocycles. The van der Waals surface area contributed by atoms with Gasteiger partial charge in [-0.15, -0.1) is 0 Å². The molecule has 2 fully saturated rings. The van der Waals surface area contributed by atoms with Gasteiger partial charge < -0.3 is 19.7 Å². The topological polar surface area (TPSA) is 93.1 Å². The Morgan fingerprint density at radius 3 is 2.58 bits per heavy atom. The van der Waals surface area contributed by atoms with Crippen LogP contribution in [0.1, 0.15) is 34.1 Å². The van der Waals surface area contributed by atoms with Crippen molar-refractivity contribution in [3.8, 4) is 0 Å². The van der Waals surface area contributed by atoms with Gasteiger partial charge in [-0.05, 0) is 18.9 Å². The Morgan fingerprint density at radius 2 is 1.96 bits per heavy atom. The van der Waals surface area contributed by atoms with Gasteiger partial charge in [-0.3, -0.25) is 9.28 Å². The average Bonchev–Trinajstić information content (AvgIpc) is 2.93. The molecule has 0 radical (unpaired) electrons. The third-order valence-electron chi connectivity index (χ3n) is 6.82. The summed E-state index contributed by atoms with van der Waals surface area (Å²) in [6.07, 6.45) is 1.70. The molecule has 0 aromatic heterocycles. The van der Waals surface area contributed by atoms with Crippen LogP contribution in [0.2, 0.25) is 0 Å². The Morgan fingerprint density at radius 1 is 1.31 bits per heavy atom. The molecule has 0 spiro atoms. The van der Waals surface area contributed by atoms with Crippen molar-refractivity contribution in [1.82, 2.24) is 0 Å². The highest BCUT2D eigenvalue weighted by molar-refractivity contribution is 5.82. The molecule has 3 aliphatic rings. The molecule has 26 heavy (non-hydrogen) atoms. The second kappa shape index (κ2) is 6.04. The molecular weight excluding hydrogens is 338 g/mol. The molecule has 0 saturated carbocycles. The van der Waals surface area contributed by atoms with Crippen LogP contribution < -0.4 is 0 Å². The lowest BCUT2D eigenvalue weighted by molar-refractivity contribution is -0.955. The van der Waals surface area contributed by atoms with Crippen molar-refractivity contribution < 1.29 is 33.8 Å². The van der Waals surface area contributed by atoms with Crippen molar-refractivity contribution in [2.45, 2.75) is 51.5 Å². The minimum atomic E-state index is -1.83. The van der Waals surface area contributed by atoms with E-state index in [0.29, 0.717) is 29.6 Å². The summed E-state index contributed by atoms with van der Waals surface area (Å²) in [6.45, 7) is 7.88. The van der Waals surface area contributed by atoms with Crippen LogP contribution in [0, 0.1) is 17.8 Å². The second-order valence-electron chi connectivity index (χ2n) is 8.75. The van der Waals surface area contributed by atoms with Gasteiger partial charge in [0.25, 0.3) is 5.72 Å². The van der Waals surface area contributed by atoms with E-state index in [9.17, 15) is 19.8 Å². The van der Waals surface area contributed by atoms with Crippen LogP contribution in [0.5, 0.6) is 0 Å². The maximum atomic E-state index is 13.0. The van der Waals surface area contributed by atoms with Crippen molar-refractivity contribution in [3.05, 3.63) is 11.6 Å². The van der Waals surface area contributed by atoms with Crippen molar-refractivity contribution in [2.24, 2.45) is 17.8 Å². The van der Waals surface area contributed by atoms with E-state index in [4.69, 9.17) is 9.47 Å². The van der Waals surface area contributed by atoms with Gasteiger partial charge in [-0.1, -0.05) is 20.8 Å². The van der Waals surface area contributed by atoms with E-state index in [2.05, 4.69) is 0 Å². The van der Waals surface area contributed by atoms with Gasteiger partial charge in [0.2, 0.25) is 0 Å². The molecule has 0 aromatic rings. The first-order chi connectivity index (χ1) is 11.9. The summed E-state index contributed by atoms with van der Waals surface area (Å²) in [7, 11) is 1.91. The maximum absolute atomic E-state index is 13.0. The van der Waals surface area contributed by atoms with E-state index in [1.54, 1.807) is 6.92 Å². The minimum absolute atomic E-state index is 0.119. The van der Waals surface area contributed by atoms with E-state index in [-0.39, 0.29) is 12.5 Å². The van der Waals surface area contributed by atoms with E-state index in [0.717, 1.165) is 0 Å². The van der Waals surface area contributed by atoms with Crippen LogP contribution in [0.3, 0.4) is 0 Å². The quantitative estimate of drug-likeness (QED) is 0.400. The van der Waals surface area contributed by atoms with Crippen molar-refractivity contribution in [3.63, 3.8) is 0 Å². The molecule has 7 heteroatoms. The molecule has 3 rings (SSSR count). The normalized spacial score (nSPS) is 46.3. The van der Waals surface area contributed by atoms with Gasteiger partial charge in [0, 0.05) is 12.3 Å². The average molecular weight is 368 g/mol. The number of esters is 2. The summed E-state index contributed by atoms with van der Waals surface area (Å²) >= 11 is 0. The van der Waals surface area contributed by atoms with E-state index >= 15 is 0 Å². The van der Waals surface area contributed by atoms with Crippen LogP contribution in [0.15, 0.2) is 11.6 Å². The highest BCUT2D eigenvalue weighted by Gasteiger charge is 2.65. The van der Waals surface area contributed by atoms with Crippen LogP contribution in [0.25, 0.3) is 0 Å². The molecule has 0 aromatic carbocycles. The molecule has 3 heterocycles. The number of rotatable bonds is 1. The monoisotopic (exact) mass is 368 g/mol. The fourth-order valence-electron chi connectivity index (χ4n) is 4.77. The summed E-state index contributed by atoms with van der Waals surface area (Å²) in [6, 6.07) is 0. The molecule has 1 unspecified atom stereocenters. The zero-order valence-corrected chi connectivity index (χ0v) is 16.2. The van der Waals surface area contributed by atoms with Gasteiger partial charge >= 0.3 is 11.9 Å². The first kappa shape index (κ1) is 19.3. The Hall–Kier alpha value is -1.44. The first-order valence-electron chi connectivity index (χ1n) is 9.31. The summed E-state index contributed by atoms with van der Waals surface area (Å²) in [5, 5.41) is 22.3. The third kappa shape index (κ3) is 2.52. The molecule has 0 bridgehead atoms. The van der Waals surface area contributed by atoms with Gasteiger partial charge in [0.1, 0.15) is 13.2 Å². The largest absolute Gasteiger partial charge is 0.459 e. The Labute approximate surface area is 154 Å². The lowest BCUT2D eigenvalue weighted by Crippen LogP contribution is -2.61. The molecule has 6 atom stereocenters. The number of carbonyl (C=O) groups excluding carboxylic acids is 2. The number of quaternary nitrogens is 1. The minimum Gasteiger partial charge on any atom is -0.459 e. The number of hydrogen-bond acceptors (Lipinski definition) is 6.